The van der Waals surface area contributed by atoms with Crippen LogP contribution in [-0.4, -0.2) is 11.0 Å². The number of hydrogen-bond acceptors (Lipinski definition) is 3. The molecule has 2 nitrogen and oxygen atoms in total. The third-order valence-corrected chi connectivity index (χ3v) is 4.44. The van der Waals surface area contributed by atoms with E-state index in [1.165, 1.54) is 26.7 Å². The van der Waals surface area contributed by atoms with Gasteiger partial charge in [-0.1, -0.05) is 36.8 Å². The first-order chi connectivity index (χ1) is 9.51. The molecule has 0 amide bonds. The van der Waals surface area contributed by atoms with Gasteiger partial charge in [-0.05, 0) is 39.7 Å². The highest BCUT2D eigenvalue weighted by Crippen LogP contribution is 2.29. The van der Waals surface area contributed by atoms with Gasteiger partial charge in [0.25, 0.3) is 0 Å². The lowest BCUT2D eigenvalue weighted by Gasteiger charge is -2.20. The second-order valence-electron chi connectivity index (χ2n) is 5.58. The van der Waals surface area contributed by atoms with Crippen LogP contribution in [0.15, 0.2) is 24.3 Å². The summed E-state index contributed by atoms with van der Waals surface area (Å²) < 4.78 is 0. The van der Waals surface area contributed by atoms with Gasteiger partial charge in [0, 0.05) is 10.9 Å². The van der Waals surface area contributed by atoms with Crippen LogP contribution in [0.25, 0.3) is 0 Å². The first kappa shape index (κ1) is 15.2. The quantitative estimate of drug-likeness (QED) is 0.881. The van der Waals surface area contributed by atoms with Gasteiger partial charge in [-0.15, -0.1) is 11.3 Å². The second-order valence-corrected chi connectivity index (χ2v) is 6.81. The van der Waals surface area contributed by atoms with Crippen LogP contribution in [-0.2, 0) is 6.42 Å². The van der Waals surface area contributed by atoms with Crippen molar-refractivity contribution in [3.63, 3.8) is 0 Å². The van der Waals surface area contributed by atoms with Crippen LogP contribution in [0.1, 0.15) is 53.5 Å². The van der Waals surface area contributed by atoms with Gasteiger partial charge in [0.2, 0.25) is 0 Å². The summed E-state index contributed by atoms with van der Waals surface area (Å²) in [6.45, 7) is 10.8. The van der Waals surface area contributed by atoms with E-state index in [9.17, 15) is 0 Å². The lowest BCUT2D eigenvalue weighted by Crippen LogP contribution is -2.29. The van der Waals surface area contributed by atoms with Gasteiger partial charge in [0.1, 0.15) is 5.01 Å². The van der Waals surface area contributed by atoms with E-state index in [2.05, 4.69) is 64.2 Å². The molecule has 1 aromatic carbocycles. The molecule has 0 fully saturated rings. The Morgan fingerprint density at radius 2 is 2.00 bits per heavy atom. The fourth-order valence-electron chi connectivity index (χ4n) is 2.39. The van der Waals surface area contributed by atoms with Crippen molar-refractivity contribution in [2.45, 2.75) is 53.1 Å². The van der Waals surface area contributed by atoms with E-state index in [-0.39, 0.29) is 6.04 Å². The van der Waals surface area contributed by atoms with Crippen LogP contribution in [0.3, 0.4) is 0 Å². The molecule has 0 aliphatic heterocycles. The predicted octanol–water partition coefficient (Wildman–Crippen LogP) is 4.41. The van der Waals surface area contributed by atoms with Crippen molar-refractivity contribution < 1.29 is 0 Å². The van der Waals surface area contributed by atoms with Crippen LogP contribution >= 0.6 is 11.3 Å². The molecule has 0 spiro atoms. The van der Waals surface area contributed by atoms with Gasteiger partial charge in [-0.2, -0.15) is 0 Å². The molecule has 1 atom stereocenters. The molecular weight excluding hydrogens is 264 g/mol. The zero-order valence-corrected chi connectivity index (χ0v) is 13.8. The summed E-state index contributed by atoms with van der Waals surface area (Å²) in [7, 11) is 0. The van der Waals surface area contributed by atoms with Crippen LogP contribution in [0.5, 0.6) is 0 Å². The Kier molecular flexibility index (Phi) is 4.95. The minimum Gasteiger partial charge on any atom is -0.302 e. The van der Waals surface area contributed by atoms with Crippen molar-refractivity contribution in [1.29, 1.82) is 0 Å². The maximum absolute atomic E-state index is 4.84. The van der Waals surface area contributed by atoms with Crippen molar-refractivity contribution in [3.05, 3.63) is 51.0 Å². The molecule has 0 radical (unpaired) electrons. The zero-order valence-electron chi connectivity index (χ0n) is 13.0. The second kappa shape index (κ2) is 6.51. The average molecular weight is 288 g/mol. The largest absolute Gasteiger partial charge is 0.302 e. The molecule has 0 saturated heterocycles. The molecule has 0 aliphatic carbocycles. The Morgan fingerprint density at radius 3 is 2.55 bits per heavy atom. The highest BCUT2D eigenvalue weighted by molar-refractivity contribution is 7.11. The molecule has 1 aromatic heterocycles. The van der Waals surface area contributed by atoms with E-state index in [0.29, 0.717) is 6.04 Å². The number of nitrogens with one attached hydrogen (secondary N) is 1. The van der Waals surface area contributed by atoms with E-state index in [4.69, 9.17) is 4.98 Å². The summed E-state index contributed by atoms with van der Waals surface area (Å²) in [6.07, 6.45) is 1.00. The maximum atomic E-state index is 4.84. The molecule has 2 aromatic rings. The van der Waals surface area contributed by atoms with Gasteiger partial charge in [-0.25, -0.2) is 4.98 Å². The lowest BCUT2D eigenvalue weighted by atomic mass is 10.0. The maximum Gasteiger partial charge on any atom is 0.115 e. The van der Waals surface area contributed by atoms with Gasteiger partial charge < -0.3 is 5.32 Å². The number of nitrogens with zero attached hydrogens (tertiary/aromatic N) is 1. The molecule has 20 heavy (non-hydrogen) atoms. The number of rotatable bonds is 5. The Bertz CT molecular complexity index is 572. The van der Waals surface area contributed by atoms with E-state index in [0.717, 1.165) is 6.42 Å². The van der Waals surface area contributed by atoms with E-state index >= 15 is 0 Å². The normalized spacial score (nSPS) is 12.9. The number of thiazole rings is 1. The molecule has 108 valence electrons. The molecule has 1 unspecified atom stereocenters. The van der Waals surface area contributed by atoms with Gasteiger partial charge in [0.15, 0.2) is 0 Å². The first-order valence-electron chi connectivity index (χ1n) is 7.30. The lowest BCUT2D eigenvalue weighted by molar-refractivity contribution is 0.526. The first-order valence-corrected chi connectivity index (χ1v) is 8.11. The Labute approximate surface area is 126 Å². The third-order valence-electron chi connectivity index (χ3n) is 3.37. The minimum atomic E-state index is 0.193. The number of aryl methyl sites for hydroxylation is 3. The fraction of sp³-hybridized carbons (Fsp3) is 0.471. The number of hydrogen-bond donors (Lipinski definition) is 1. The summed E-state index contributed by atoms with van der Waals surface area (Å²) in [5, 5.41) is 4.83. The molecule has 3 heteroatoms. The van der Waals surface area contributed by atoms with Crippen LogP contribution in [0.4, 0.5) is 0 Å². The van der Waals surface area contributed by atoms with Crippen molar-refractivity contribution in [2.75, 3.05) is 0 Å². The van der Waals surface area contributed by atoms with Gasteiger partial charge >= 0.3 is 0 Å². The van der Waals surface area contributed by atoms with Crippen molar-refractivity contribution in [3.8, 4) is 0 Å². The van der Waals surface area contributed by atoms with Crippen molar-refractivity contribution in [2.24, 2.45) is 0 Å². The highest BCUT2D eigenvalue weighted by Gasteiger charge is 2.20. The monoisotopic (exact) mass is 288 g/mol. The van der Waals surface area contributed by atoms with Crippen LogP contribution in [0, 0.1) is 13.8 Å². The summed E-state index contributed by atoms with van der Waals surface area (Å²) in [4.78, 5) is 6.18. The molecule has 0 bridgehead atoms. The molecule has 0 saturated carbocycles. The summed E-state index contributed by atoms with van der Waals surface area (Å²) >= 11 is 1.82. The van der Waals surface area contributed by atoms with Crippen molar-refractivity contribution in [1.82, 2.24) is 10.3 Å². The van der Waals surface area contributed by atoms with Crippen LogP contribution < -0.4 is 5.32 Å². The molecule has 1 heterocycles. The molecular formula is C17H24N2S. The fourth-order valence-corrected chi connectivity index (χ4v) is 3.49. The van der Waals surface area contributed by atoms with Crippen molar-refractivity contribution >= 4 is 11.3 Å². The highest BCUT2D eigenvalue weighted by atomic mass is 32.1. The SMILES string of the molecule is CCc1nc(C(NC(C)C)c2cccc(C)c2)sc1C. The summed E-state index contributed by atoms with van der Waals surface area (Å²) in [5.74, 6) is 0. The molecule has 0 aliphatic rings. The number of benzene rings is 1. The van der Waals surface area contributed by atoms with Gasteiger partial charge in [-0.3, -0.25) is 0 Å². The summed E-state index contributed by atoms with van der Waals surface area (Å²) in [6, 6.07) is 9.33. The Balaban J connectivity index is 2.41. The molecule has 1 N–H and O–H groups in total. The Hall–Kier alpha value is -1.19. The topological polar surface area (TPSA) is 24.9 Å². The van der Waals surface area contributed by atoms with E-state index in [1.54, 1.807) is 0 Å². The van der Waals surface area contributed by atoms with Crippen LogP contribution in [0.2, 0.25) is 0 Å². The Morgan fingerprint density at radius 1 is 1.25 bits per heavy atom. The predicted molar refractivity (Wildman–Crippen MR) is 87.5 cm³/mol. The average Bonchev–Trinajstić information content (AvgIpc) is 2.76. The smallest absolute Gasteiger partial charge is 0.115 e. The van der Waals surface area contributed by atoms with E-state index < -0.39 is 0 Å². The molecule has 2 rings (SSSR count). The minimum absolute atomic E-state index is 0.193. The van der Waals surface area contributed by atoms with Gasteiger partial charge in [0.05, 0.1) is 11.7 Å². The van der Waals surface area contributed by atoms with E-state index in [1.807, 2.05) is 11.3 Å². The standard InChI is InChI=1S/C17H24N2S/c1-6-15-13(5)20-17(19-15)16(18-11(2)3)14-9-7-8-12(4)10-14/h7-11,16,18H,6H2,1-5H3. The number of aromatic nitrogens is 1. The summed E-state index contributed by atoms with van der Waals surface area (Å²) in [5.41, 5.74) is 3.82. The third kappa shape index (κ3) is 3.47. The zero-order chi connectivity index (χ0) is 14.7.